The molecule has 0 saturated carbocycles. The maximum absolute atomic E-state index is 5.89. The topological polar surface area (TPSA) is 48.9 Å². The van der Waals surface area contributed by atoms with Crippen LogP contribution in [0.3, 0.4) is 0 Å². The van der Waals surface area contributed by atoms with Crippen LogP contribution in [0.15, 0.2) is 35.3 Å². The van der Waals surface area contributed by atoms with Crippen molar-refractivity contribution in [2.24, 2.45) is 4.99 Å². The third-order valence-electron chi connectivity index (χ3n) is 4.65. The Morgan fingerprint density at radius 1 is 1.32 bits per heavy atom. The van der Waals surface area contributed by atoms with E-state index in [2.05, 4.69) is 46.6 Å². The van der Waals surface area contributed by atoms with Crippen LogP contribution in [0.5, 0.6) is 0 Å². The van der Waals surface area contributed by atoms with Crippen molar-refractivity contribution in [3.05, 3.63) is 35.9 Å². The molecule has 142 valence electrons. The van der Waals surface area contributed by atoms with E-state index in [1.54, 1.807) is 0 Å². The predicted octanol–water partition coefficient (Wildman–Crippen LogP) is 3.03. The summed E-state index contributed by atoms with van der Waals surface area (Å²) in [5.74, 6) is 0.881. The van der Waals surface area contributed by atoms with Crippen molar-refractivity contribution in [3.8, 4) is 0 Å². The van der Waals surface area contributed by atoms with Crippen LogP contribution < -0.4 is 10.6 Å². The summed E-state index contributed by atoms with van der Waals surface area (Å²) in [7, 11) is 4.02. The highest BCUT2D eigenvalue weighted by Crippen LogP contribution is 2.15. The van der Waals surface area contributed by atoms with Crippen molar-refractivity contribution < 1.29 is 4.74 Å². The molecule has 0 aromatic heterocycles. The normalized spacial score (nSPS) is 19.3. The fourth-order valence-corrected chi connectivity index (χ4v) is 3.03. The quantitative estimate of drug-likeness (QED) is 0.271. The number of benzene rings is 1. The van der Waals surface area contributed by atoms with Crippen molar-refractivity contribution in [3.63, 3.8) is 0 Å². The number of guanidine groups is 1. The zero-order chi connectivity index (χ0) is 17.2. The predicted molar refractivity (Wildman–Crippen MR) is 116 cm³/mol. The summed E-state index contributed by atoms with van der Waals surface area (Å²) < 4.78 is 5.89. The molecule has 0 aliphatic carbocycles. The second-order valence-corrected chi connectivity index (χ2v) is 6.43. The average molecular weight is 460 g/mol. The summed E-state index contributed by atoms with van der Waals surface area (Å²) in [5.41, 5.74) is 1.23. The van der Waals surface area contributed by atoms with E-state index in [-0.39, 0.29) is 30.1 Å². The Morgan fingerprint density at radius 3 is 2.72 bits per heavy atom. The summed E-state index contributed by atoms with van der Waals surface area (Å²) in [6, 6.07) is 11.0. The van der Waals surface area contributed by atoms with Crippen LogP contribution in [0.1, 0.15) is 37.9 Å². The molecule has 1 saturated heterocycles. The summed E-state index contributed by atoms with van der Waals surface area (Å²) in [4.78, 5) is 6.71. The van der Waals surface area contributed by atoms with E-state index < -0.39 is 0 Å². The number of nitrogens with one attached hydrogen (secondary N) is 2. The second-order valence-electron chi connectivity index (χ2n) is 6.43. The van der Waals surface area contributed by atoms with Gasteiger partial charge < -0.3 is 20.3 Å². The van der Waals surface area contributed by atoms with Crippen LogP contribution >= 0.6 is 24.0 Å². The maximum Gasteiger partial charge on any atom is 0.191 e. The molecule has 5 nitrogen and oxygen atoms in total. The number of nitrogens with zero attached hydrogens (tertiary/aromatic N) is 2. The Bertz CT molecular complexity index is 497. The Hall–Kier alpha value is -0.860. The van der Waals surface area contributed by atoms with Crippen LogP contribution in [0.2, 0.25) is 0 Å². The first kappa shape index (κ1) is 22.2. The zero-order valence-electron chi connectivity index (χ0n) is 15.7. The Kier molecular flexibility index (Phi) is 11.1. The highest BCUT2D eigenvalue weighted by molar-refractivity contribution is 14.0. The molecule has 25 heavy (non-hydrogen) atoms. The van der Waals surface area contributed by atoms with Crippen LogP contribution in [0, 0.1) is 0 Å². The first-order chi connectivity index (χ1) is 11.7. The lowest BCUT2D eigenvalue weighted by molar-refractivity contribution is 0.0646. The molecule has 0 radical (unpaired) electrons. The van der Waals surface area contributed by atoms with E-state index in [1.807, 2.05) is 25.2 Å². The standard InChI is InChI=1S/C19H32N4O.HI/c1-16(17-9-5-4-6-10-17)24-14-8-12-21-19(20-2)22-15-18-11-7-13-23(18)3;/h4-6,9-10,16,18H,7-8,11-15H2,1-3H3,(H2,20,21,22);1H. The Morgan fingerprint density at radius 2 is 2.08 bits per heavy atom. The van der Waals surface area contributed by atoms with Gasteiger partial charge in [-0.3, -0.25) is 4.99 Å². The van der Waals surface area contributed by atoms with Crippen molar-refractivity contribution >= 4 is 29.9 Å². The largest absolute Gasteiger partial charge is 0.374 e. The smallest absolute Gasteiger partial charge is 0.191 e. The molecule has 1 aliphatic rings. The van der Waals surface area contributed by atoms with Gasteiger partial charge in [-0.2, -0.15) is 0 Å². The number of rotatable bonds is 8. The molecule has 1 aromatic rings. The van der Waals surface area contributed by atoms with Gasteiger partial charge in [-0.05, 0) is 45.3 Å². The van der Waals surface area contributed by atoms with Gasteiger partial charge in [0.2, 0.25) is 0 Å². The summed E-state index contributed by atoms with van der Waals surface area (Å²) in [6.07, 6.45) is 3.67. The number of aliphatic imine (C=N–C) groups is 1. The van der Waals surface area contributed by atoms with E-state index in [0.717, 1.165) is 32.1 Å². The monoisotopic (exact) mass is 460 g/mol. The zero-order valence-corrected chi connectivity index (χ0v) is 18.0. The molecule has 0 spiro atoms. The summed E-state index contributed by atoms with van der Waals surface area (Å²) in [5, 5.41) is 6.79. The molecule has 6 heteroatoms. The highest BCUT2D eigenvalue weighted by atomic mass is 127. The van der Waals surface area contributed by atoms with Gasteiger partial charge in [-0.25, -0.2) is 0 Å². The minimum absolute atomic E-state index is 0. The number of likely N-dealkylation sites (tertiary alicyclic amines) is 1. The van der Waals surface area contributed by atoms with Crippen molar-refractivity contribution in [1.82, 2.24) is 15.5 Å². The van der Waals surface area contributed by atoms with Crippen molar-refractivity contribution in [1.29, 1.82) is 0 Å². The van der Waals surface area contributed by atoms with Gasteiger partial charge in [0, 0.05) is 32.8 Å². The highest BCUT2D eigenvalue weighted by Gasteiger charge is 2.20. The number of ether oxygens (including phenoxy) is 1. The molecular formula is C19H33IN4O. The molecular weight excluding hydrogens is 427 g/mol. The lowest BCUT2D eigenvalue weighted by Crippen LogP contribution is -2.44. The average Bonchev–Trinajstić information content (AvgIpc) is 3.03. The number of hydrogen-bond acceptors (Lipinski definition) is 3. The fourth-order valence-electron chi connectivity index (χ4n) is 3.03. The second kappa shape index (κ2) is 12.5. The first-order valence-corrected chi connectivity index (χ1v) is 9.02. The van der Waals surface area contributed by atoms with Gasteiger partial charge in [-0.1, -0.05) is 30.3 Å². The molecule has 0 amide bonds. The Labute approximate surface area is 169 Å². The molecule has 2 atom stereocenters. The van der Waals surface area contributed by atoms with E-state index in [4.69, 9.17) is 4.74 Å². The molecule has 1 fully saturated rings. The molecule has 1 aromatic carbocycles. The van der Waals surface area contributed by atoms with Crippen LogP contribution in [0.25, 0.3) is 0 Å². The van der Waals surface area contributed by atoms with E-state index >= 15 is 0 Å². The van der Waals surface area contributed by atoms with Gasteiger partial charge >= 0.3 is 0 Å². The van der Waals surface area contributed by atoms with Crippen LogP contribution in [0.4, 0.5) is 0 Å². The minimum atomic E-state index is 0. The van der Waals surface area contributed by atoms with Gasteiger partial charge in [0.05, 0.1) is 6.10 Å². The number of likely N-dealkylation sites (N-methyl/N-ethyl adjacent to an activating group) is 1. The molecule has 1 aliphatic heterocycles. The van der Waals surface area contributed by atoms with Crippen LogP contribution in [-0.4, -0.2) is 57.2 Å². The third-order valence-corrected chi connectivity index (χ3v) is 4.65. The molecule has 2 unspecified atom stereocenters. The maximum atomic E-state index is 5.89. The van der Waals surface area contributed by atoms with Crippen molar-refractivity contribution in [2.75, 3.05) is 40.3 Å². The third kappa shape index (κ3) is 7.92. The lowest BCUT2D eigenvalue weighted by Gasteiger charge is -2.21. The molecule has 2 rings (SSSR count). The van der Waals surface area contributed by atoms with Gasteiger partial charge in [0.25, 0.3) is 0 Å². The van der Waals surface area contributed by atoms with Gasteiger partial charge in [0.1, 0.15) is 0 Å². The summed E-state index contributed by atoms with van der Waals surface area (Å²) >= 11 is 0. The minimum Gasteiger partial charge on any atom is -0.374 e. The van der Waals surface area contributed by atoms with E-state index in [1.165, 1.54) is 24.9 Å². The summed E-state index contributed by atoms with van der Waals surface area (Å²) in [6.45, 7) is 5.86. The molecule has 0 bridgehead atoms. The number of hydrogen-bond donors (Lipinski definition) is 2. The Balaban J connectivity index is 0.00000312. The lowest BCUT2D eigenvalue weighted by atomic mass is 10.1. The van der Waals surface area contributed by atoms with E-state index in [9.17, 15) is 0 Å². The van der Waals surface area contributed by atoms with Gasteiger partial charge in [0.15, 0.2) is 5.96 Å². The van der Waals surface area contributed by atoms with Crippen LogP contribution in [-0.2, 0) is 4.74 Å². The molecule has 2 N–H and O–H groups in total. The fraction of sp³-hybridized carbons (Fsp3) is 0.632. The van der Waals surface area contributed by atoms with Gasteiger partial charge in [-0.15, -0.1) is 24.0 Å². The van der Waals surface area contributed by atoms with E-state index in [0.29, 0.717) is 6.04 Å². The van der Waals surface area contributed by atoms with Crippen molar-refractivity contribution in [2.45, 2.75) is 38.3 Å². The molecule has 1 heterocycles. The SMILES string of the molecule is CN=C(NCCCOC(C)c1ccccc1)NCC1CCCN1C.I. The number of halogens is 1. The first-order valence-electron chi connectivity index (χ1n) is 9.02.